The molecule has 6 nitrogen and oxygen atoms in total. The highest BCUT2D eigenvalue weighted by Crippen LogP contribution is 2.41. The largest absolute Gasteiger partial charge is 0.496 e. The number of fused-ring (bicyclic) bond motifs is 1. The summed E-state index contributed by atoms with van der Waals surface area (Å²) in [5.74, 6) is 1.23. The lowest BCUT2D eigenvalue weighted by molar-refractivity contribution is 0.0955. The molecular formula is C24H30N4O2. The molecule has 0 bridgehead atoms. The van der Waals surface area contributed by atoms with Crippen LogP contribution in [0.5, 0.6) is 5.75 Å². The summed E-state index contributed by atoms with van der Waals surface area (Å²) < 4.78 is 7.37. The molecule has 3 aromatic rings. The SMILES string of the molecule is COc1ccccc1CCNC(=O)c1cc(C2CC2)nc2c1c(C)nn2C(C)(C)C. The second-order valence-corrected chi connectivity index (χ2v) is 9.05. The molecule has 0 saturated heterocycles. The van der Waals surface area contributed by atoms with Crippen molar-refractivity contribution in [3.63, 3.8) is 0 Å². The number of methoxy groups -OCH3 is 1. The maximum atomic E-state index is 13.2. The molecule has 1 N–H and O–H groups in total. The third-order valence-electron chi connectivity index (χ3n) is 5.58. The van der Waals surface area contributed by atoms with Gasteiger partial charge in [-0.2, -0.15) is 5.10 Å². The van der Waals surface area contributed by atoms with Gasteiger partial charge in [-0.25, -0.2) is 9.67 Å². The van der Waals surface area contributed by atoms with Crippen LogP contribution in [0.2, 0.25) is 0 Å². The van der Waals surface area contributed by atoms with E-state index < -0.39 is 0 Å². The third-order valence-corrected chi connectivity index (χ3v) is 5.58. The summed E-state index contributed by atoms with van der Waals surface area (Å²) in [6.45, 7) is 8.81. The molecule has 0 aliphatic heterocycles. The van der Waals surface area contributed by atoms with Crippen LogP contribution in [0.1, 0.15) is 66.8 Å². The second kappa shape index (κ2) is 7.74. The van der Waals surface area contributed by atoms with E-state index in [9.17, 15) is 4.79 Å². The van der Waals surface area contributed by atoms with E-state index in [1.54, 1.807) is 7.11 Å². The lowest BCUT2D eigenvalue weighted by Crippen LogP contribution is -2.27. The predicted molar refractivity (Wildman–Crippen MR) is 118 cm³/mol. The molecule has 1 fully saturated rings. The van der Waals surface area contributed by atoms with E-state index in [4.69, 9.17) is 14.8 Å². The van der Waals surface area contributed by atoms with Gasteiger partial charge < -0.3 is 10.1 Å². The molecule has 30 heavy (non-hydrogen) atoms. The van der Waals surface area contributed by atoms with Crippen molar-refractivity contribution in [1.82, 2.24) is 20.1 Å². The summed E-state index contributed by atoms with van der Waals surface area (Å²) in [6.07, 6.45) is 2.98. The van der Waals surface area contributed by atoms with Crippen LogP contribution < -0.4 is 10.1 Å². The minimum atomic E-state index is -0.209. The number of hydrogen-bond donors (Lipinski definition) is 1. The smallest absolute Gasteiger partial charge is 0.252 e. The molecule has 0 atom stereocenters. The van der Waals surface area contributed by atoms with Crippen molar-refractivity contribution in [3.8, 4) is 5.75 Å². The Morgan fingerprint density at radius 2 is 2.00 bits per heavy atom. The lowest BCUT2D eigenvalue weighted by atomic mass is 10.1. The van der Waals surface area contributed by atoms with Gasteiger partial charge in [-0.1, -0.05) is 18.2 Å². The minimum absolute atomic E-state index is 0.0734. The first-order chi connectivity index (χ1) is 14.3. The fourth-order valence-electron chi connectivity index (χ4n) is 3.86. The van der Waals surface area contributed by atoms with Crippen molar-refractivity contribution in [2.45, 2.75) is 58.4 Å². The highest BCUT2D eigenvalue weighted by atomic mass is 16.5. The predicted octanol–water partition coefficient (Wildman–Crippen LogP) is 4.35. The Balaban J connectivity index is 1.64. The highest BCUT2D eigenvalue weighted by Gasteiger charge is 2.30. The van der Waals surface area contributed by atoms with Crippen molar-refractivity contribution in [2.24, 2.45) is 0 Å². The van der Waals surface area contributed by atoms with E-state index in [0.717, 1.165) is 46.6 Å². The molecule has 0 unspecified atom stereocenters. The lowest BCUT2D eigenvalue weighted by Gasteiger charge is -2.20. The number of aromatic nitrogens is 3. The number of amides is 1. The number of hydrogen-bond acceptors (Lipinski definition) is 4. The first-order valence-electron chi connectivity index (χ1n) is 10.6. The summed E-state index contributed by atoms with van der Waals surface area (Å²) in [5, 5.41) is 8.68. The Bertz CT molecular complexity index is 1090. The zero-order chi connectivity index (χ0) is 21.5. The van der Waals surface area contributed by atoms with E-state index in [-0.39, 0.29) is 11.4 Å². The van der Waals surface area contributed by atoms with Gasteiger partial charge in [-0.3, -0.25) is 4.79 Å². The molecule has 1 aliphatic carbocycles. The minimum Gasteiger partial charge on any atom is -0.496 e. The number of rotatable bonds is 6. The number of carbonyl (C=O) groups excluding carboxylic acids is 1. The van der Waals surface area contributed by atoms with Gasteiger partial charge >= 0.3 is 0 Å². The standard InChI is InChI=1S/C24H30N4O2/c1-15-21-18(23(29)25-13-12-17-8-6-7-9-20(17)30-5)14-19(16-10-11-16)26-22(21)28(27-15)24(2,3)4/h6-9,14,16H,10-13H2,1-5H3,(H,25,29). The third kappa shape index (κ3) is 3.91. The molecule has 1 amide bonds. The summed E-state index contributed by atoms with van der Waals surface area (Å²) >= 11 is 0. The Hall–Kier alpha value is -2.89. The molecule has 2 aromatic heterocycles. The summed E-state index contributed by atoms with van der Waals surface area (Å²) in [6, 6.07) is 9.87. The van der Waals surface area contributed by atoms with Gasteiger partial charge in [0.15, 0.2) is 5.65 Å². The molecule has 0 radical (unpaired) electrons. The number of nitrogens with one attached hydrogen (secondary N) is 1. The van der Waals surface area contributed by atoms with Gasteiger partial charge in [0.1, 0.15) is 5.75 Å². The molecule has 1 aromatic carbocycles. The Labute approximate surface area is 177 Å². The van der Waals surface area contributed by atoms with E-state index in [0.29, 0.717) is 24.4 Å². The van der Waals surface area contributed by atoms with Crippen molar-refractivity contribution in [3.05, 3.63) is 52.8 Å². The van der Waals surface area contributed by atoms with Crippen LogP contribution in [0.4, 0.5) is 0 Å². The van der Waals surface area contributed by atoms with Gasteiger partial charge in [0.05, 0.1) is 29.3 Å². The summed E-state index contributed by atoms with van der Waals surface area (Å²) in [4.78, 5) is 18.1. The number of para-hydroxylation sites is 1. The Kier molecular flexibility index (Phi) is 5.26. The number of pyridine rings is 1. The number of nitrogens with zero attached hydrogens (tertiary/aromatic N) is 3. The van der Waals surface area contributed by atoms with Gasteiger partial charge in [-0.15, -0.1) is 0 Å². The van der Waals surface area contributed by atoms with Crippen LogP contribution in [0.15, 0.2) is 30.3 Å². The van der Waals surface area contributed by atoms with Crippen LogP contribution in [-0.2, 0) is 12.0 Å². The average molecular weight is 407 g/mol. The van der Waals surface area contributed by atoms with Crippen LogP contribution in [0.3, 0.4) is 0 Å². The second-order valence-electron chi connectivity index (χ2n) is 9.05. The summed E-state index contributed by atoms with van der Waals surface area (Å²) in [5.41, 5.74) is 4.19. The maximum Gasteiger partial charge on any atom is 0.252 e. The number of ether oxygens (including phenoxy) is 1. The number of aryl methyl sites for hydroxylation is 1. The average Bonchev–Trinajstić information content (AvgIpc) is 3.50. The van der Waals surface area contributed by atoms with Gasteiger partial charge in [0.25, 0.3) is 5.91 Å². The van der Waals surface area contributed by atoms with Gasteiger partial charge in [-0.05, 0) is 64.7 Å². The number of carbonyl (C=O) groups is 1. The van der Waals surface area contributed by atoms with E-state index >= 15 is 0 Å². The Morgan fingerprint density at radius 1 is 1.27 bits per heavy atom. The molecule has 158 valence electrons. The fourth-order valence-corrected chi connectivity index (χ4v) is 3.86. The first kappa shape index (κ1) is 20.4. The summed E-state index contributed by atoms with van der Waals surface area (Å²) in [7, 11) is 1.67. The van der Waals surface area contributed by atoms with E-state index in [1.165, 1.54) is 0 Å². The van der Waals surface area contributed by atoms with Crippen LogP contribution in [-0.4, -0.2) is 34.3 Å². The number of benzene rings is 1. The van der Waals surface area contributed by atoms with E-state index in [2.05, 4.69) is 26.1 Å². The van der Waals surface area contributed by atoms with Crippen molar-refractivity contribution in [2.75, 3.05) is 13.7 Å². The topological polar surface area (TPSA) is 69.0 Å². The van der Waals surface area contributed by atoms with Gasteiger partial charge in [0.2, 0.25) is 0 Å². The molecule has 6 heteroatoms. The Morgan fingerprint density at radius 3 is 2.67 bits per heavy atom. The quantitative estimate of drug-likeness (QED) is 0.661. The molecular weight excluding hydrogens is 376 g/mol. The normalized spacial score (nSPS) is 14.2. The molecule has 0 spiro atoms. The highest BCUT2D eigenvalue weighted by molar-refractivity contribution is 6.06. The van der Waals surface area contributed by atoms with Crippen molar-refractivity contribution in [1.29, 1.82) is 0 Å². The first-order valence-corrected chi connectivity index (χ1v) is 10.6. The molecule has 1 aliphatic rings. The zero-order valence-corrected chi connectivity index (χ0v) is 18.5. The molecule has 2 heterocycles. The maximum absolute atomic E-state index is 13.2. The molecule has 4 rings (SSSR count). The van der Waals surface area contributed by atoms with Crippen molar-refractivity contribution < 1.29 is 9.53 Å². The zero-order valence-electron chi connectivity index (χ0n) is 18.5. The van der Waals surface area contributed by atoms with E-state index in [1.807, 2.05) is 41.9 Å². The van der Waals surface area contributed by atoms with Crippen molar-refractivity contribution >= 4 is 16.9 Å². The van der Waals surface area contributed by atoms with Crippen LogP contribution in [0.25, 0.3) is 11.0 Å². The van der Waals surface area contributed by atoms with Crippen LogP contribution in [0, 0.1) is 6.92 Å². The molecule has 1 saturated carbocycles. The van der Waals surface area contributed by atoms with Gasteiger partial charge in [0, 0.05) is 18.2 Å². The van der Waals surface area contributed by atoms with Crippen LogP contribution >= 0.6 is 0 Å². The monoisotopic (exact) mass is 406 g/mol. The fraction of sp³-hybridized carbons (Fsp3) is 0.458.